The molecule has 83 heavy (non-hydrogen) atoms. The Morgan fingerprint density at radius 1 is 0.277 bits per heavy atom. The third-order valence-electron chi connectivity index (χ3n) is 16.8. The van der Waals surface area contributed by atoms with E-state index in [0.29, 0.717) is 17.5 Å². The van der Waals surface area contributed by atoms with Gasteiger partial charge in [0.2, 0.25) is 0 Å². The highest BCUT2D eigenvalue weighted by atomic mass is 32.1. The number of benzene rings is 12. The Morgan fingerprint density at radius 3 is 1.61 bits per heavy atom. The third kappa shape index (κ3) is 7.06. The first-order valence-corrected chi connectivity index (χ1v) is 28.7. The van der Waals surface area contributed by atoms with Gasteiger partial charge in [0, 0.05) is 103 Å². The zero-order valence-electron chi connectivity index (χ0n) is 44.3. The topological polar surface area (TPSA) is 74.8 Å². The second-order valence-corrected chi connectivity index (χ2v) is 22.5. The van der Waals surface area contributed by atoms with E-state index in [0.717, 1.165) is 94.1 Å². The average Bonchev–Trinajstić information content (AvgIpc) is 4.11. The van der Waals surface area contributed by atoms with Crippen molar-refractivity contribution in [2.75, 3.05) is 0 Å². The summed E-state index contributed by atoms with van der Waals surface area (Å²) < 4.78 is 20.7. The highest BCUT2D eigenvalue weighted by molar-refractivity contribution is 7.26. The SMILES string of the molecule is c1ccc(-c2nc(-c3ccc4c(c3)oc3cc(-n5c6ccccc6c6ccccc65)ccc34)nc(-c3cccc4oc5ccc(-c6cc(-c7ccc8c(c7)c7ccccc7n8-c7ccccc7)c7sc8ccccc8c7c6)cc5c34)n2)cc1. The molecule has 7 nitrogen and oxygen atoms in total. The first kappa shape index (κ1) is 45.9. The Bertz CT molecular complexity index is 5660. The van der Waals surface area contributed by atoms with Gasteiger partial charge < -0.3 is 18.0 Å². The zero-order valence-corrected chi connectivity index (χ0v) is 45.1. The fourth-order valence-corrected chi connectivity index (χ4v) is 14.2. The molecule has 0 bridgehead atoms. The minimum Gasteiger partial charge on any atom is -0.456 e. The van der Waals surface area contributed by atoms with Crippen molar-refractivity contribution in [3.8, 4) is 67.8 Å². The first-order valence-electron chi connectivity index (χ1n) is 27.9. The van der Waals surface area contributed by atoms with Crippen LogP contribution < -0.4 is 0 Å². The summed E-state index contributed by atoms with van der Waals surface area (Å²) in [6.45, 7) is 0. The number of rotatable bonds is 7. The predicted octanol–water partition coefficient (Wildman–Crippen LogP) is 20.6. The van der Waals surface area contributed by atoms with Gasteiger partial charge in [0.1, 0.15) is 22.3 Å². The van der Waals surface area contributed by atoms with Crippen LogP contribution in [-0.2, 0) is 0 Å². The van der Waals surface area contributed by atoms with E-state index in [-0.39, 0.29) is 0 Å². The molecule has 0 amide bonds. The Balaban J connectivity index is 0.781. The van der Waals surface area contributed by atoms with E-state index in [2.05, 4.69) is 228 Å². The second-order valence-electron chi connectivity index (χ2n) is 21.4. The maximum Gasteiger partial charge on any atom is 0.164 e. The number of fused-ring (bicyclic) bond motifs is 15. The summed E-state index contributed by atoms with van der Waals surface area (Å²) in [5.41, 5.74) is 17.1. The lowest BCUT2D eigenvalue weighted by Crippen LogP contribution is -2.00. The van der Waals surface area contributed by atoms with Crippen LogP contribution in [0.15, 0.2) is 270 Å². The molecule has 18 rings (SSSR count). The normalized spacial score (nSPS) is 12.1. The van der Waals surface area contributed by atoms with E-state index in [9.17, 15) is 0 Å². The number of nitrogens with zero attached hydrogens (tertiary/aromatic N) is 5. The van der Waals surface area contributed by atoms with Gasteiger partial charge in [-0.2, -0.15) is 0 Å². The van der Waals surface area contributed by atoms with Crippen molar-refractivity contribution in [1.82, 2.24) is 24.1 Å². The fraction of sp³-hybridized carbons (Fsp3) is 0. The molecule has 8 heteroatoms. The van der Waals surface area contributed by atoms with Crippen molar-refractivity contribution in [3.63, 3.8) is 0 Å². The minimum absolute atomic E-state index is 0.541. The van der Waals surface area contributed by atoms with E-state index < -0.39 is 0 Å². The molecule has 0 N–H and O–H groups in total. The summed E-state index contributed by atoms with van der Waals surface area (Å²) >= 11 is 1.86. The molecule has 0 aliphatic heterocycles. The monoisotopic (exact) mass is 1080 g/mol. The summed E-state index contributed by atoms with van der Waals surface area (Å²) in [7, 11) is 0. The molecule has 6 aromatic heterocycles. The molecule has 0 unspecified atom stereocenters. The molecule has 0 saturated carbocycles. The summed E-state index contributed by atoms with van der Waals surface area (Å²) in [4.78, 5) is 15.8. The van der Waals surface area contributed by atoms with Gasteiger partial charge in [-0.05, 0) is 120 Å². The highest BCUT2D eigenvalue weighted by Crippen LogP contribution is 2.46. The molecule has 12 aromatic carbocycles. The maximum atomic E-state index is 6.77. The number of thiophene rings is 1. The van der Waals surface area contributed by atoms with E-state index in [4.69, 9.17) is 23.8 Å². The fourth-order valence-electron chi connectivity index (χ4n) is 13.0. The maximum absolute atomic E-state index is 6.77. The van der Waals surface area contributed by atoms with E-state index in [1.54, 1.807) is 0 Å². The molecule has 0 aliphatic carbocycles. The van der Waals surface area contributed by atoms with Gasteiger partial charge in [-0.3, -0.25) is 0 Å². The molecule has 0 saturated heterocycles. The Labute approximate surface area is 477 Å². The van der Waals surface area contributed by atoms with E-state index >= 15 is 0 Å². The van der Waals surface area contributed by atoms with Crippen LogP contribution in [-0.4, -0.2) is 24.1 Å². The zero-order chi connectivity index (χ0) is 54.3. The van der Waals surface area contributed by atoms with Gasteiger partial charge in [0.25, 0.3) is 0 Å². The average molecular weight is 1080 g/mol. The van der Waals surface area contributed by atoms with Gasteiger partial charge in [-0.1, -0.05) is 152 Å². The second kappa shape index (κ2) is 17.8. The molecule has 0 fully saturated rings. The molecule has 0 spiro atoms. The van der Waals surface area contributed by atoms with Crippen LogP contribution in [0.3, 0.4) is 0 Å². The van der Waals surface area contributed by atoms with Crippen LogP contribution in [0.5, 0.6) is 0 Å². The van der Waals surface area contributed by atoms with Crippen molar-refractivity contribution in [1.29, 1.82) is 0 Å². The van der Waals surface area contributed by atoms with Crippen LogP contribution in [0.2, 0.25) is 0 Å². The van der Waals surface area contributed by atoms with Gasteiger partial charge in [-0.25, -0.2) is 15.0 Å². The first-order chi connectivity index (χ1) is 41.1. The van der Waals surface area contributed by atoms with Crippen molar-refractivity contribution in [3.05, 3.63) is 261 Å². The molecule has 0 radical (unpaired) electrons. The molecule has 18 aromatic rings. The van der Waals surface area contributed by atoms with Gasteiger partial charge in [0.05, 0.1) is 22.1 Å². The third-order valence-corrected chi connectivity index (χ3v) is 18.0. The molecule has 0 aliphatic rings. The Hall–Kier alpha value is -10.9. The molecular formula is C75H43N5O2S. The van der Waals surface area contributed by atoms with Crippen molar-refractivity contribution in [2.45, 2.75) is 0 Å². The molecule has 0 atom stereocenters. The lowest BCUT2D eigenvalue weighted by atomic mass is 9.94. The number of aromatic nitrogens is 5. The van der Waals surface area contributed by atoms with E-state index in [1.165, 1.54) is 63.9 Å². The van der Waals surface area contributed by atoms with E-state index in [1.807, 2.05) is 53.8 Å². The van der Waals surface area contributed by atoms with Gasteiger partial charge in [-0.15, -0.1) is 11.3 Å². The standard InChI is InChI=1S/C75H43N5O2S/c1-3-16-44(17-4-1)73-76-74(47-30-34-54-55-35-33-50(43-69(55)82-68(54)42-47)80-62-25-11-7-20-51(62)52-21-8-12-26-63(52)80)78-75(77-73)57-24-15-28-67-71(57)61-38-45(32-37-66(61)81-67)48-40-58(72-60(41-48)56-23-10-14-29-70(56)83-72)46-31-36-65-59(39-46)53-22-9-13-27-64(53)79(65)49-18-5-2-6-19-49/h1-43H. The Morgan fingerprint density at radius 2 is 0.843 bits per heavy atom. The quantitative estimate of drug-likeness (QED) is 0.159. The molecular weight excluding hydrogens is 1030 g/mol. The lowest BCUT2D eigenvalue weighted by molar-refractivity contribution is 0.668. The summed E-state index contributed by atoms with van der Waals surface area (Å²) in [6, 6.07) is 92.7. The Kier molecular flexibility index (Phi) is 9.83. The molecule has 386 valence electrons. The summed E-state index contributed by atoms with van der Waals surface area (Å²) in [5.74, 6) is 1.66. The van der Waals surface area contributed by atoms with Crippen LogP contribution in [0.1, 0.15) is 0 Å². The number of para-hydroxylation sites is 4. The largest absolute Gasteiger partial charge is 0.456 e. The van der Waals surface area contributed by atoms with Crippen molar-refractivity contribution >= 4 is 119 Å². The highest BCUT2D eigenvalue weighted by Gasteiger charge is 2.22. The number of hydrogen-bond acceptors (Lipinski definition) is 6. The van der Waals surface area contributed by atoms with Crippen LogP contribution in [0.4, 0.5) is 0 Å². The minimum atomic E-state index is 0.541. The van der Waals surface area contributed by atoms with Crippen LogP contribution >= 0.6 is 11.3 Å². The van der Waals surface area contributed by atoms with Crippen LogP contribution in [0, 0.1) is 0 Å². The van der Waals surface area contributed by atoms with Crippen molar-refractivity contribution < 1.29 is 8.83 Å². The van der Waals surface area contributed by atoms with Gasteiger partial charge >= 0.3 is 0 Å². The summed E-state index contributed by atoms with van der Waals surface area (Å²) in [5, 5.41) is 11.3. The summed E-state index contributed by atoms with van der Waals surface area (Å²) in [6.07, 6.45) is 0. The smallest absolute Gasteiger partial charge is 0.164 e. The number of hydrogen-bond donors (Lipinski definition) is 0. The predicted molar refractivity (Wildman–Crippen MR) is 343 cm³/mol. The lowest BCUT2D eigenvalue weighted by Gasteiger charge is -2.11. The molecule has 6 heterocycles. The van der Waals surface area contributed by atoms with Crippen molar-refractivity contribution in [2.24, 2.45) is 0 Å². The van der Waals surface area contributed by atoms with Crippen LogP contribution in [0.25, 0.3) is 175 Å². The van der Waals surface area contributed by atoms with Gasteiger partial charge in [0.15, 0.2) is 17.5 Å². The number of furan rings is 2.